The van der Waals surface area contributed by atoms with Crippen LogP contribution in [-0.4, -0.2) is 94.9 Å². The van der Waals surface area contributed by atoms with Gasteiger partial charge in [0, 0.05) is 36.8 Å². The fourth-order valence-corrected chi connectivity index (χ4v) is 7.41. The second-order valence-electron chi connectivity index (χ2n) is 13.9. The first-order chi connectivity index (χ1) is 25.0. The van der Waals surface area contributed by atoms with Gasteiger partial charge < -0.3 is 34.8 Å². The monoisotopic (exact) mass is 777 g/mol. The Morgan fingerprint density at radius 2 is 1.81 bits per heavy atom. The summed E-state index contributed by atoms with van der Waals surface area (Å²) in [4.78, 5) is 42.6. The molecule has 12 heteroatoms. The van der Waals surface area contributed by atoms with Crippen LogP contribution in [0.15, 0.2) is 76.8 Å². The van der Waals surface area contributed by atoms with E-state index in [2.05, 4.69) is 45.5 Å². The molecule has 0 radical (unpaired) electrons. The van der Waals surface area contributed by atoms with Crippen molar-refractivity contribution < 1.29 is 38.5 Å². The number of hydrogen-bond acceptors (Lipinski definition) is 7. The Kier molecular flexibility index (Phi) is 12.3. The maximum atomic E-state index is 14.7. The standard InChI is InChI=1S/C40H45BrFN3O7/c1-25-4-2-6-32(18-25)51-17-15-45(30-12-13-30)40(50)39-33(20-29-23-44(24-35(39)43-29)37(47)21-31(46)22-38(48)49)27-9-7-26(8-10-27)5-3-16-52-36-19-28(42)11-14-34(36)41/h2,4,6-11,14,18-19,29-31,35,43,46H,3,5,12-13,15-17,20-24H2,1H3,(H,48,49)/t29-,31-,35-/m1/s1. The Morgan fingerprint density at radius 1 is 1.02 bits per heavy atom. The second kappa shape index (κ2) is 17.0. The molecule has 276 valence electrons. The summed E-state index contributed by atoms with van der Waals surface area (Å²) in [5, 5.41) is 22.9. The van der Waals surface area contributed by atoms with Crippen LogP contribution >= 0.6 is 15.9 Å². The first kappa shape index (κ1) is 37.5. The van der Waals surface area contributed by atoms with Crippen LogP contribution in [0.2, 0.25) is 0 Å². The number of nitrogens with zero attached hydrogens (tertiary/aromatic N) is 2. The van der Waals surface area contributed by atoms with E-state index in [0.717, 1.165) is 53.7 Å². The SMILES string of the molecule is Cc1cccc(OCCN(C(=O)C2=C(c3ccc(CCCOc4cc(F)ccc4Br)cc3)C[C@@H]3CN(C(=O)C[C@@H](O)CC(=O)O)C[C@H]2N3)C2CC2)c1. The number of aliphatic hydroxyl groups excluding tert-OH is 1. The molecule has 2 fully saturated rings. The maximum absolute atomic E-state index is 14.7. The molecule has 0 unspecified atom stereocenters. The van der Waals surface area contributed by atoms with Gasteiger partial charge in [-0.1, -0.05) is 36.4 Å². The van der Waals surface area contributed by atoms with Crippen molar-refractivity contribution in [2.45, 2.75) is 76.1 Å². The summed E-state index contributed by atoms with van der Waals surface area (Å²) in [6.45, 7) is 3.81. The summed E-state index contributed by atoms with van der Waals surface area (Å²) in [6.07, 6.45) is 1.77. The third-order valence-electron chi connectivity index (χ3n) is 9.71. The minimum absolute atomic E-state index is 0.0776. The number of amides is 2. The summed E-state index contributed by atoms with van der Waals surface area (Å²) in [7, 11) is 0. The fraction of sp³-hybridized carbons (Fsp3) is 0.425. The van der Waals surface area contributed by atoms with Gasteiger partial charge in [0.05, 0.1) is 42.6 Å². The number of carbonyl (C=O) groups is 3. The zero-order chi connectivity index (χ0) is 36.8. The molecule has 52 heavy (non-hydrogen) atoms. The first-order valence-electron chi connectivity index (χ1n) is 17.9. The lowest BCUT2D eigenvalue weighted by Gasteiger charge is -2.45. The highest BCUT2D eigenvalue weighted by Gasteiger charge is 2.43. The van der Waals surface area contributed by atoms with Crippen molar-refractivity contribution >= 4 is 39.3 Å². The van der Waals surface area contributed by atoms with E-state index in [1.165, 1.54) is 12.1 Å². The zero-order valence-electron chi connectivity index (χ0n) is 29.2. The predicted octanol–water partition coefficient (Wildman–Crippen LogP) is 5.53. The van der Waals surface area contributed by atoms with Crippen molar-refractivity contribution in [1.82, 2.24) is 15.1 Å². The van der Waals surface area contributed by atoms with Crippen molar-refractivity contribution in [3.63, 3.8) is 0 Å². The molecule has 0 spiro atoms. The van der Waals surface area contributed by atoms with Crippen molar-refractivity contribution in [1.29, 1.82) is 0 Å². The van der Waals surface area contributed by atoms with Gasteiger partial charge in [0.15, 0.2) is 0 Å². The number of halogens is 2. The minimum Gasteiger partial charge on any atom is -0.492 e. The molecule has 2 bridgehead atoms. The van der Waals surface area contributed by atoms with Crippen LogP contribution < -0.4 is 14.8 Å². The van der Waals surface area contributed by atoms with Crippen LogP contribution in [-0.2, 0) is 20.8 Å². The van der Waals surface area contributed by atoms with Crippen LogP contribution in [0.5, 0.6) is 11.5 Å². The number of aryl methyl sites for hydroxylation is 2. The number of carboxylic acids is 1. The number of aliphatic hydroxyl groups is 1. The van der Waals surface area contributed by atoms with E-state index in [-0.39, 0.29) is 42.7 Å². The number of rotatable bonds is 16. The van der Waals surface area contributed by atoms with Crippen LogP contribution in [0.25, 0.3) is 5.57 Å². The number of carboxylic acid groups (broad SMARTS) is 1. The van der Waals surface area contributed by atoms with Crippen LogP contribution in [0.1, 0.15) is 55.2 Å². The lowest BCUT2D eigenvalue weighted by atomic mass is 9.82. The third kappa shape index (κ3) is 9.78. The number of nitrogens with one attached hydrogen (secondary N) is 1. The van der Waals surface area contributed by atoms with Gasteiger partial charge >= 0.3 is 5.97 Å². The highest BCUT2D eigenvalue weighted by molar-refractivity contribution is 9.10. The van der Waals surface area contributed by atoms with Crippen molar-refractivity contribution in [2.24, 2.45) is 0 Å². The van der Waals surface area contributed by atoms with Gasteiger partial charge in [0.25, 0.3) is 5.91 Å². The Balaban J connectivity index is 1.20. The smallest absolute Gasteiger partial charge is 0.305 e. The topological polar surface area (TPSA) is 129 Å². The number of hydrogen-bond donors (Lipinski definition) is 3. The molecule has 2 aliphatic heterocycles. The number of carbonyl (C=O) groups excluding carboxylic acids is 2. The van der Waals surface area contributed by atoms with E-state index < -0.39 is 24.5 Å². The van der Waals surface area contributed by atoms with Gasteiger partial charge in [-0.3, -0.25) is 14.4 Å². The summed E-state index contributed by atoms with van der Waals surface area (Å²) < 4.78 is 26.2. The van der Waals surface area contributed by atoms with Crippen LogP contribution in [0.4, 0.5) is 4.39 Å². The van der Waals surface area contributed by atoms with Gasteiger partial charge in [-0.05, 0) is 101 Å². The first-order valence-corrected chi connectivity index (χ1v) is 18.7. The lowest BCUT2D eigenvalue weighted by Crippen LogP contribution is -2.62. The predicted molar refractivity (Wildman–Crippen MR) is 197 cm³/mol. The van der Waals surface area contributed by atoms with Crippen LogP contribution in [0.3, 0.4) is 0 Å². The molecule has 6 rings (SSSR count). The van der Waals surface area contributed by atoms with Gasteiger partial charge in [-0.15, -0.1) is 0 Å². The molecule has 3 atom stereocenters. The molecular formula is C40H45BrFN3O7. The fourth-order valence-electron chi connectivity index (χ4n) is 7.05. The molecule has 1 aliphatic carbocycles. The van der Waals surface area contributed by atoms with Gasteiger partial charge in [0.1, 0.15) is 23.9 Å². The summed E-state index contributed by atoms with van der Waals surface area (Å²) in [5.74, 6) is -0.705. The Labute approximate surface area is 311 Å². The molecule has 2 amide bonds. The molecule has 2 heterocycles. The highest BCUT2D eigenvalue weighted by atomic mass is 79.9. The number of piperazine rings is 1. The van der Waals surface area contributed by atoms with E-state index in [4.69, 9.17) is 14.6 Å². The molecule has 3 aromatic rings. The number of fused-ring (bicyclic) bond motifs is 2. The van der Waals surface area contributed by atoms with E-state index in [1.807, 2.05) is 36.1 Å². The van der Waals surface area contributed by atoms with E-state index in [0.29, 0.717) is 48.5 Å². The molecule has 3 aliphatic rings. The summed E-state index contributed by atoms with van der Waals surface area (Å²) in [5.41, 5.74) is 4.73. The van der Waals surface area contributed by atoms with Crippen LogP contribution in [0, 0.1) is 12.7 Å². The Bertz CT molecular complexity index is 1800. The average molecular weight is 779 g/mol. The highest BCUT2D eigenvalue weighted by Crippen LogP contribution is 2.37. The number of aliphatic carboxylic acids is 1. The number of ether oxygens (including phenoxy) is 2. The normalized spacial score (nSPS) is 18.9. The average Bonchev–Trinajstić information content (AvgIpc) is 3.95. The molecule has 1 saturated heterocycles. The summed E-state index contributed by atoms with van der Waals surface area (Å²) >= 11 is 3.39. The van der Waals surface area contributed by atoms with E-state index in [9.17, 15) is 23.9 Å². The van der Waals surface area contributed by atoms with E-state index >= 15 is 0 Å². The molecule has 10 nitrogen and oxygen atoms in total. The molecule has 0 aromatic heterocycles. The molecule has 1 saturated carbocycles. The Morgan fingerprint density at radius 3 is 2.54 bits per heavy atom. The van der Waals surface area contributed by atoms with E-state index in [1.54, 1.807) is 11.0 Å². The zero-order valence-corrected chi connectivity index (χ0v) is 30.8. The quantitative estimate of drug-likeness (QED) is 0.162. The third-order valence-corrected chi connectivity index (χ3v) is 10.4. The summed E-state index contributed by atoms with van der Waals surface area (Å²) in [6, 6.07) is 20.0. The van der Waals surface area contributed by atoms with Gasteiger partial charge in [0.2, 0.25) is 5.91 Å². The molecular weight excluding hydrogens is 733 g/mol. The van der Waals surface area contributed by atoms with Crippen molar-refractivity contribution in [3.8, 4) is 11.5 Å². The lowest BCUT2D eigenvalue weighted by molar-refractivity contribution is -0.141. The maximum Gasteiger partial charge on any atom is 0.305 e. The minimum atomic E-state index is -1.28. The van der Waals surface area contributed by atoms with Gasteiger partial charge in [-0.2, -0.15) is 0 Å². The second-order valence-corrected chi connectivity index (χ2v) is 14.7. The number of benzene rings is 3. The van der Waals surface area contributed by atoms with Gasteiger partial charge in [-0.25, -0.2) is 4.39 Å². The Hall–Kier alpha value is -4.26. The van der Waals surface area contributed by atoms with Crippen molar-refractivity contribution in [2.75, 3.05) is 32.8 Å². The van der Waals surface area contributed by atoms with Crippen molar-refractivity contribution in [3.05, 3.63) is 99.3 Å². The largest absolute Gasteiger partial charge is 0.492 e. The molecule has 3 N–H and O–H groups in total. The molecule has 3 aromatic carbocycles.